The van der Waals surface area contributed by atoms with Crippen LogP contribution >= 0.6 is 11.6 Å². The number of aromatic nitrogens is 2. The Morgan fingerprint density at radius 3 is 2.13 bits per heavy atom. The first kappa shape index (κ1) is 39.9. The van der Waals surface area contributed by atoms with Gasteiger partial charge in [-0.3, -0.25) is 24.5 Å². The van der Waals surface area contributed by atoms with E-state index in [4.69, 9.17) is 11.6 Å². The van der Waals surface area contributed by atoms with E-state index in [-0.39, 0.29) is 35.4 Å². The number of imide groups is 1. The lowest BCUT2D eigenvalue weighted by molar-refractivity contribution is -0.133. The second-order valence-electron chi connectivity index (χ2n) is 16.1. The second-order valence-corrected chi connectivity index (χ2v) is 16.6. The quantitative estimate of drug-likeness (QED) is 0.0888. The summed E-state index contributed by atoms with van der Waals surface area (Å²) in [5.74, 6) is 0.291. The van der Waals surface area contributed by atoms with Gasteiger partial charge in [0, 0.05) is 92.0 Å². The van der Waals surface area contributed by atoms with Crippen molar-refractivity contribution in [2.24, 2.45) is 17.8 Å². The summed E-state index contributed by atoms with van der Waals surface area (Å²) in [5.41, 5.74) is 4.70. The van der Waals surface area contributed by atoms with Crippen LogP contribution in [0.25, 0.3) is 0 Å². The van der Waals surface area contributed by atoms with Crippen LogP contribution < -0.4 is 31.5 Å². The molecule has 4 fully saturated rings. The summed E-state index contributed by atoms with van der Waals surface area (Å²) in [5, 5.41) is 14.9. The van der Waals surface area contributed by atoms with Gasteiger partial charge >= 0.3 is 0 Å². The van der Waals surface area contributed by atoms with Gasteiger partial charge in [-0.15, -0.1) is 0 Å². The van der Waals surface area contributed by atoms with Gasteiger partial charge in [-0.05, 0) is 103 Å². The predicted molar refractivity (Wildman–Crippen MR) is 232 cm³/mol. The van der Waals surface area contributed by atoms with Crippen molar-refractivity contribution >= 4 is 75.4 Å². The van der Waals surface area contributed by atoms with Crippen molar-refractivity contribution in [3.8, 4) is 0 Å². The summed E-state index contributed by atoms with van der Waals surface area (Å²) >= 11 is 6.15. The maximum absolute atomic E-state index is 14.7. The molecule has 0 spiro atoms. The number of hydrogen-bond donors (Lipinski definition) is 5. The number of likely N-dealkylation sites (tertiary alicyclic amines) is 2. The summed E-state index contributed by atoms with van der Waals surface area (Å²) in [6, 6.07) is 28.4. The second kappa shape index (κ2) is 17.2. The Kier molecular flexibility index (Phi) is 11.2. The number of amides is 4. The van der Waals surface area contributed by atoms with Gasteiger partial charge < -0.3 is 36.0 Å². The molecular formula is C45H44ClFN10O4. The molecule has 1 aromatic heterocycles. The minimum absolute atomic E-state index is 0.00746. The first-order valence-electron chi connectivity index (χ1n) is 20.4. The van der Waals surface area contributed by atoms with Crippen LogP contribution in [-0.2, 0) is 9.59 Å². The highest BCUT2D eigenvalue weighted by atomic mass is 35.5. The van der Waals surface area contributed by atoms with E-state index in [1.807, 2.05) is 17.0 Å². The number of halogens is 2. The molecule has 5 aromatic rings. The lowest BCUT2D eigenvalue weighted by Gasteiger charge is -2.41. The maximum Gasteiger partial charge on any atom is 0.255 e. The van der Waals surface area contributed by atoms with Crippen LogP contribution in [0.15, 0.2) is 103 Å². The Morgan fingerprint density at radius 1 is 0.787 bits per heavy atom. The zero-order chi connectivity index (χ0) is 42.0. The lowest BCUT2D eigenvalue weighted by atomic mass is 9.98. The molecule has 0 bridgehead atoms. The number of fused-ring (bicyclic) bond motifs is 1. The SMILES string of the molecule is O=C1CCC(Nc2ccc(N3CC4CN(CC5CN(C(=O)c6ccc(Nc7ncc(F)c(Nc8ccc(C(=O)Nc9ccccc9Cl)cc8)n7)cc6)C5)CC4C3)cc2)C(=O)N1. The lowest BCUT2D eigenvalue weighted by Crippen LogP contribution is -2.53. The molecule has 0 aliphatic carbocycles. The fourth-order valence-corrected chi connectivity index (χ4v) is 8.77. The number of nitrogens with zero attached hydrogens (tertiary/aromatic N) is 5. The molecule has 61 heavy (non-hydrogen) atoms. The molecule has 14 nitrogen and oxygen atoms in total. The fourth-order valence-electron chi connectivity index (χ4n) is 8.59. The molecule has 5 heterocycles. The molecule has 4 amide bonds. The van der Waals surface area contributed by atoms with E-state index in [0.717, 1.165) is 57.7 Å². The number of para-hydroxylation sites is 1. The summed E-state index contributed by atoms with van der Waals surface area (Å²) in [7, 11) is 0. The molecule has 3 unspecified atom stereocenters. The summed E-state index contributed by atoms with van der Waals surface area (Å²) in [4.78, 5) is 64.9. The highest BCUT2D eigenvalue weighted by molar-refractivity contribution is 6.33. The van der Waals surface area contributed by atoms with Crippen LogP contribution in [0.2, 0.25) is 5.02 Å². The summed E-state index contributed by atoms with van der Waals surface area (Å²) in [6.45, 7) is 6.59. The molecule has 5 N–H and O–H groups in total. The number of carbonyl (C=O) groups is 4. The van der Waals surface area contributed by atoms with E-state index in [9.17, 15) is 23.6 Å². The van der Waals surface area contributed by atoms with Gasteiger partial charge in [0.15, 0.2) is 11.6 Å². The van der Waals surface area contributed by atoms with E-state index in [1.165, 1.54) is 5.69 Å². The highest BCUT2D eigenvalue weighted by Crippen LogP contribution is 2.36. The van der Waals surface area contributed by atoms with Crippen LogP contribution in [0.1, 0.15) is 33.6 Å². The van der Waals surface area contributed by atoms with Gasteiger partial charge in [-0.25, -0.2) is 9.37 Å². The van der Waals surface area contributed by atoms with E-state index < -0.39 is 11.9 Å². The van der Waals surface area contributed by atoms with Crippen molar-refractivity contribution in [3.05, 3.63) is 125 Å². The zero-order valence-corrected chi connectivity index (χ0v) is 33.9. The molecule has 312 valence electrons. The molecule has 4 aromatic carbocycles. The topological polar surface area (TPSA) is 164 Å². The number of benzene rings is 4. The first-order chi connectivity index (χ1) is 29.6. The third-order valence-electron chi connectivity index (χ3n) is 11.8. The van der Waals surface area contributed by atoms with E-state index in [0.29, 0.717) is 63.8 Å². The Morgan fingerprint density at radius 2 is 1.44 bits per heavy atom. The Hall–Kier alpha value is -6.58. The van der Waals surface area contributed by atoms with E-state index in [2.05, 4.69) is 58.5 Å². The van der Waals surface area contributed by atoms with Crippen LogP contribution in [0.4, 0.5) is 44.6 Å². The Labute approximate surface area is 356 Å². The Balaban J connectivity index is 0.706. The van der Waals surface area contributed by atoms with E-state index in [1.54, 1.807) is 72.8 Å². The van der Waals surface area contributed by atoms with Crippen LogP contribution in [0.5, 0.6) is 0 Å². The van der Waals surface area contributed by atoms with Crippen molar-refractivity contribution in [2.75, 3.05) is 72.0 Å². The van der Waals surface area contributed by atoms with Crippen LogP contribution in [0.3, 0.4) is 0 Å². The third kappa shape index (κ3) is 9.12. The molecular weight excluding hydrogens is 799 g/mol. The number of carbonyl (C=O) groups excluding carboxylic acids is 4. The number of piperidine rings is 1. The fraction of sp³-hybridized carbons (Fsp3) is 0.289. The minimum atomic E-state index is -0.651. The minimum Gasteiger partial charge on any atom is -0.374 e. The van der Waals surface area contributed by atoms with Crippen LogP contribution in [0, 0.1) is 23.6 Å². The largest absolute Gasteiger partial charge is 0.374 e. The van der Waals surface area contributed by atoms with Crippen molar-refractivity contribution < 1.29 is 23.6 Å². The molecule has 0 radical (unpaired) electrons. The number of nitrogens with one attached hydrogen (secondary N) is 5. The molecule has 4 aliphatic rings. The first-order valence-corrected chi connectivity index (χ1v) is 20.8. The molecule has 0 saturated carbocycles. The predicted octanol–water partition coefficient (Wildman–Crippen LogP) is 6.37. The standard InChI is InChI=1S/C45H44ClFN10O4/c46-36-3-1-2-4-38(36)52-42(59)28-5-9-33(10-6-28)50-41-37(47)19-48-45(54-41)51-34-11-7-29(8-12-34)44(61)57-21-27(22-57)20-55-23-30-25-56(26-31(30)24-55)35-15-13-32(14-16-35)49-39-17-18-40(58)53-43(39)60/h1-16,19,27,30-31,39,49H,17-18,20-26H2,(H,52,59)(H,53,58,60)(H2,48,50,51,54). The van der Waals surface area contributed by atoms with Crippen molar-refractivity contribution in [1.29, 1.82) is 0 Å². The summed E-state index contributed by atoms with van der Waals surface area (Å²) < 4.78 is 14.7. The highest BCUT2D eigenvalue weighted by Gasteiger charge is 2.42. The van der Waals surface area contributed by atoms with Gasteiger partial charge in [-0.1, -0.05) is 23.7 Å². The normalized spacial score (nSPS) is 20.1. The van der Waals surface area contributed by atoms with Crippen molar-refractivity contribution in [3.63, 3.8) is 0 Å². The van der Waals surface area contributed by atoms with Gasteiger partial charge in [0.05, 0.1) is 16.9 Å². The number of hydrogen-bond acceptors (Lipinski definition) is 11. The molecule has 9 rings (SSSR count). The average molecular weight is 843 g/mol. The van der Waals surface area contributed by atoms with Crippen LogP contribution in [-0.4, -0.2) is 95.3 Å². The Bertz CT molecular complexity index is 2440. The number of rotatable bonds is 12. The smallest absolute Gasteiger partial charge is 0.255 e. The molecule has 4 aliphatic heterocycles. The van der Waals surface area contributed by atoms with Gasteiger partial charge in [0.1, 0.15) is 6.04 Å². The van der Waals surface area contributed by atoms with Gasteiger partial charge in [0.2, 0.25) is 17.8 Å². The third-order valence-corrected chi connectivity index (χ3v) is 12.1. The monoisotopic (exact) mass is 842 g/mol. The molecule has 16 heteroatoms. The summed E-state index contributed by atoms with van der Waals surface area (Å²) in [6.07, 6.45) is 1.91. The molecule has 3 atom stereocenters. The number of anilines is 7. The van der Waals surface area contributed by atoms with Gasteiger partial charge in [0.25, 0.3) is 11.8 Å². The van der Waals surface area contributed by atoms with E-state index >= 15 is 0 Å². The van der Waals surface area contributed by atoms with Crippen molar-refractivity contribution in [1.82, 2.24) is 25.1 Å². The van der Waals surface area contributed by atoms with Crippen molar-refractivity contribution in [2.45, 2.75) is 18.9 Å². The maximum atomic E-state index is 14.7. The van der Waals surface area contributed by atoms with Gasteiger partial charge in [-0.2, -0.15) is 4.98 Å². The molecule has 4 saturated heterocycles. The average Bonchev–Trinajstić information content (AvgIpc) is 3.82. The zero-order valence-electron chi connectivity index (χ0n) is 33.1.